The van der Waals surface area contributed by atoms with Crippen molar-refractivity contribution in [3.05, 3.63) is 24.3 Å². The zero-order valence-corrected chi connectivity index (χ0v) is 14.0. The highest BCUT2D eigenvalue weighted by molar-refractivity contribution is 6.00. The smallest absolute Gasteiger partial charge is 0.240 e. The van der Waals surface area contributed by atoms with Gasteiger partial charge in [-0.3, -0.25) is 14.5 Å². The van der Waals surface area contributed by atoms with Crippen molar-refractivity contribution >= 4 is 17.5 Å². The van der Waals surface area contributed by atoms with Crippen molar-refractivity contribution in [3.63, 3.8) is 0 Å². The summed E-state index contributed by atoms with van der Waals surface area (Å²) >= 11 is 0. The number of carbonyl (C=O) groups is 2. The fourth-order valence-electron chi connectivity index (χ4n) is 3.23. The lowest BCUT2D eigenvalue weighted by Gasteiger charge is -2.26. The number of carbonyl (C=O) groups excluding carboxylic acids is 2. The van der Waals surface area contributed by atoms with Gasteiger partial charge in [0.2, 0.25) is 11.8 Å². The molecule has 24 heavy (non-hydrogen) atoms. The average Bonchev–Trinajstić information content (AvgIpc) is 2.75. The van der Waals surface area contributed by atoms with E-state index < -0.39 is 0 Å². The predicted molar refractivity (Wildman–Crippen MR) is 92.2 cm³/mol. The average molecular weight is 331 g/mol. The molecule has 0 atom stereocenters. The van der Waals surface area contributed by atoms with E-state index in [1.807, 2.05) is 24.3 Å². The van der Waals surface area contributed by atoms with Gasteiger partial charge in [-0.1, -0.05) is 18.6 Å². The molecule has 1 aromatic carbocycles. The number of rotatable bonds is 5. The van der Waals surface area contributed by atoms with Crippen LogP contribution < -0.4 is 15.0 Å². The number of fused-ring (bicyclic) bond motifs is 1. The summed E-state index contributed by atoms with van der Waals surface area (Å²) in [6.07, 6.45) is 4.08. The summed E-state index contributed by atoms with van der Waals surface area (Å²) in [5, 5.41) is 2.93. The zero-order chi connectivity index (χ0) is 16.8. The molecular formula is C18H25N3O3. The van der Waals surface area contributed by atoms with Crippen molar-refractivity contribution in [1.82, 2.24) is 10.2 Å². The van der Waals surface area contributed by atoms with Gasteiger partial charge < -0.3 is 15.0 Å². The van der Waals surface area contributed by atoms with Crippen LogP contribution in [0.15, 0.2) is 24.3 Å². The first-order valence-corrected chi connectivity index (χ1v) is 8.75. The highest BCUT2D eigenvalue weighted by Gasteiger charge is 2.24. The first kappa shape index (κ1) is 16.8. The van der Waals surface area contributed by atoms with Crippen molar-refractivity contribution in [3.8, 4) is 5.75 Å². The minimum Gasteiger partial charge on any atom is -0.491 e. The molecular weight excluding hydrogens is 306 g/mol. The molecule has 0 unspecified atom stereocenters. The fraction of sp³-hybridized carbons (Fsp3) is 0.556. The summed E-state index contributed by atoms with van der Waals surface area (Å²) in [4.78, 5) is 28.5. The lowest BCUT2D eigenvalue weighted by Crippen LogP contribution is -2.43. The van der Waals surface area contributed by atoms with Crippen molar-refractivity contribution < 1.29 is 14.3 Å². The minimum absolute atomic E-state index is 0.0409. The second-order valence-corrected chi connectivity index (χ2v) is 6.30. The van der Waals surface area contributed by atoms with Crippen molar-refractivity contribution in [1.29, 1.82) is 0 Å². The van der Waals surface area contributed by atoms with Gasteiger partial charge in [0.25, 0.3) is 0 Å². The predicted octanol–water partition coefficient (Wildman–Crippen LogP) is 1.40. The molecule has 0 aliphatic carbocycles. The molecule has 0 spiro atoms. The van der Waals surface area contributed by atoms with E-state index in [2.05, 4.69) is 10.2 Å². The van der Waals surface area contributed by atoms with Gasteiger partial charge in [0.1, 0.15) is 12.3 Å². The molecule has 2 amide bonds. The lowest BCUT2D eigenvalue weighted by atomic mass is 10.1. The maximum absolute atomic E-state index is 12.3. The Bertz CT molecular complexity index is 585. The Morgan fingerprint density at radius 3 is 2.79 bits per heavy atom. The molecule has 1 saturated heterocycles. The number of nitrogens with one attached hydrogen (secondary N) is 1. The monoisotopic (exact) mass is 331 g/mol. The third kappa shape index (κ3) is 4.26. The number of ether oxygens (including phenoxy) is 1. The summed E-state index contributed by atoms with van der Waals surface area (Å²) in [6, 6.07) is 7.36. The molecule has 0 radical (unpaired) electrons. The Kier molecular flexibility index (Phi) is 5.69. The van der Waals surface area contributed by atoms with Crippen LogP contribution in [0, 0.1) is 0 Å². The van der Waals surface area contributed by atoms with Crippen LogP contribution >= 0.6 is 0 Å². The number of nitrogens with zero attached hydrogens (tertiary/aromatic N) is 2. The van der Waals surface area contributed by atoms with E-state index in [1.54, 1.807) is 0 Å². The lowest BCUT2D eigenvalue weighted by molar-refractivity contribution is -0.124. The molecule has 0 aromatic heterocycles. The molecule has 2 aliphatic rings. The maximum atomic E-state index is 12.3. The van der Waals surface area contributed by atoms with Crippen LogP contribution in [-0.4, -0.2) is 56.0 Å². The van der Waals surface area contributed by atoms with Crippen molar-refractivity contribution in [2.45, 2.75) is 25.7 Å². The van der Waals surface area contributed by atoms with Crippen LogP contribution in [0.3, 0.4) is 0 Å². The molecule has 2 aliphatic heterocycles. The molecule has 6 heteroatoms. The number of hydrogen-bond donors (Lipinski definition) is 1. The molecule has 1 N–H and O–H groups in total. The Hall–Kier alpha value is -2.08. The maximum Gasteiger partial charge on any atom is 0.240 e. The van der Waals surface area contributed by atoms with Crippen LogP contribution in [0.2, 0.25) is 0 Å². The third-order valence-corrected chi connectivity index (χ3v) is 4.53. The second-order valence-electron chi connectivity index (χ2n) is 6.30. The van der Waals surface area contributed by atoms with Crippen LogP contribution in [0.4, 0.5) is 5.69 Å². The summed E-state index contributed by atoms with van der Waals surface area (Å²) in [6.45, 7) is 4.12. The van der Waals surface area contributed by atoms with Gasteiger partial charge in [-0.2, -0.15) is 0 Å². The van der Waals surface area contributed by atoms with Gasteiger partial charge in [0.05, 0.1) is 18.7 Å². The molecule has 0 bridgehead atoms. The molecule has 0 saturated carbocycles. The van der Waals surface area contributed by atoms with Crippen LogP contribution in [0.1, 0.15) is 25.7 Å². The normalized spacial score (nSPS) is 18.5. The molecule has 130 valence electrons. The van der Waals surface area contributed by atoms with E-state index >= 15 is 0 Å². The Morgan fingerprint density at radius 2 is 1.96 bits per heavy atom. The summed E-state index contributed by atoms with van der Waals surface area (Å²) < 4.78 is 5.59. The molecule has 6 nitrogen and oxygen atoms in total. The van der Waals surface area contributed by atoms with E-state index in [0.29, 0.717) is 24.6 Å². The highest BCUT2D eigenvalue weighted by Crippen LogP contribution is 2.30. The van der Waals surface area contributed by atoms with E-state index in [1.165, 1.54) is 24.2 Å². The summed E-state index contributed by atoms with van der Waals surface area (Å²) in [5.41, 5.74) is 0.672. The zero-order valence-electron chi connectivity index (χ0n) is 14.0. The Labute approximate surface area is 142 Å². The Balaban J connectivity index is 1.53. The number of anilines is 1. The number of likely N-dealkylation sites (tertiary alicyclic amines) is 1. The second kappa shape index (κ2) is 8.15. The third-order valence-electron chi connectivity index (χ3n) is 4.53. The minimum atomic E-state index is -0.128. The number of hydrogen-bond acceptors (Lipinski definition) is 4. The molecule has 1 aromatic rings. The quantitative estimate of drug-likeness (QED) is 0.886. The van der Waals surface area contributed by atoms with Gasteiger partial charge >= 0.3 is 0 Å². The Morgan fingerprint density at radius 1 is 1.17 bits per heavy atom. The molecule has 3 rings (SSSR count). The van der Waals surface area contributed by atoms with Crippen LogP contribution in [-0.2, 0) is 9.59 Å². The summed E-state index contributed by atoms with van der Waals surface area (Å²) in [7, 11) is 0. The highest BCUT2D eigenvalue weighted by atomic mass is 16.5. The fourth-order valence-corrected chi connectivity index (χ4v) is 3.23. The van der Waals surface area contributed by atoms with E-state index in [9.17, 15) is 9.59 Å². The van der Waals surface area contributed by atoms with E-state index in [-0.39, 0.29) is 24.8 Å². The first-order chi connectivity index (χ1) is 11.7. The van der Waals surface area contributed by atoms with Crippen LogP contribution in [0.5, 0.6) is 5.75 Å². The van der Waals surface area contributed by atoms with E-state index in [4.69, 9.17) is 4.74 Å². The molecule has 1 fully saturated rings. The largest absolute Gasteiger partial charge is 0.491 e. The standard InChI is InChI=1S/C18H25N3O3/c22-17(19-9-12-20-10-4-1-5-11-20)14-21-15-6-2-3-7-16(15)24-13-8-18(21)23/h2-3,6-7H,1,4-5,8-14H2,(H,19,22). The van der Waals surface area contributed by atoms with Gasteiger partial charge in [-0.15, -0.1) is 0 Å². The summed E-state index contributed by atoms with van der Waals surface area (Å²) in [5.74, 6) is 0.452. The SMILES string of the molecule is O=C(CN1C(=O)CCOc2ccccc21)NCCN1CCCCC1. The van der Waals surface area contributed by atoms with Gasteiger partial charge in [-0.05, 0) is 38.1 Å². The van der Waals surface area contributed by atoms with Crippen LogP contribution in [0.25, 0.3) is 0 Å². The van der Waals surface area contributed by atoms with Gasteiger partial charge in [0.15, 0.2) is 0 Å². The topological polar surface area (TPSA) is 61.9 Å². The van der Waals surface area contributed by atoms with E-state index in [0.717, 1.165) is 19.6 Å². The van der Waals surface area contributed by atoms with Crippen molar-refractivity contribution in [2.75, 3.05) is 44.2 Å². The number of benzene rings is 1. The molecule has 2 heterocycles. The van der Waals surface area contributed by atoms with Gasteiger partial charge in [0, 0.05) is 13.1 Å². The number of piperidine rings is 1. The van der Waals surface area contributed by atoms with Crippen molar-refractivity contribution in [2.24, 2.45) is 0 Å². The van der Waals surface area contributed by atoms with Gasteiger partial charge in [-0.25, -0.2) is 0 Å². The number of amides is 2. The first-order valence-electron chi connectivity index (χ1n) is 8.75. The number of para-hydroxylation sites is 2.